The van der Waals surface area contributed by atoms with Crippen molar-refractivity contribution in [3.63, 3.8) is 0 Å². The van der Waals surface area contributed by atoms with Crippen LogP contribution in [0.5, 0.6) is 0 Å². The van der Waals surface area contributed by atoms with Crippen molar-refractivity contribution in [3.8, 4) is 5.69 Å². The molecule has 1 unspecified atom stereocenters. The Balaban J connectivity index is 1.56. The highest BCUT2D eigenvalue weighted by Crippen LogP contribution is 2.25. The average Bonchev–Trinajstić information content (AvgIpc) is 3.16. The van der Waals surface area contributed by atoms with E-state index in [1.807, 2.05) is 29.4 Å². The highest BCUT2D eigenvalue weighted by molar-refractivity contribution is 5.97. The van der Waals surface area contributed by atoms with Crippen LogP contribution in [0.15, 0.2) is 42.7 Å². The molecule has 6 nitrogen and oxygen atoms in total. The number of carbonyl (C=O) groups excluding carboxylic acids is 2. The quantitative estimate of drug-likeness (QED) is 0.703. The Morgan fingerprint density at radius 2 is 2.00 bits per heavy atom. The predicted molar refractivity (Wildman–Crippen MR) is 118 cm³/mol. The second-order valence-electron chi connectivity index (χ2n) is 8.37. The first-order valence-corrected chi connectivity index (χ1v) is 10.5. The third kappa shape index (κ3) is 4.08. The van der Waals surface area contributed by atoms with Crippen LogP contribution in [-0.4, -0.2) is 39.4 Å². The van der Waals surface area contributed by atoms with Crippen molar-refractivity contribution in [1.29, 1.82) is 0 Å². The summed E-state index contributed by atoms with van der Waals surface area (Å²) in [6.07, 6.45) is 4.95. The lowest BCUT2D eigenvalue weighted by atomic mass is 9.93. The van der Waals surface area contributed by atoms with Gasteiger partial charge in [-0.2, -0.15) is 0 Å². The van der Waals surface area contributed by atoms with E-state index in [0.29, 0.717) is 24.4 Å². The summed E-state index contributed by atoms with van der Waals surface area (Å²) in [4.78, 5) is 30.6. The predicted octanol–water partition coefficient (Wildman–Crippen LogP) is 3.76. The Bertz CT molecular complexity index is 1100. The molecular weight excluding hydrogens is 376 g/mol. The number of imidazole rings is 1. The first-order valence-electron chi connectivity index (χ1n) is 10.5. The van der Waals surface area contributed by atoms with Crippen LogP contribution in [0.25, 0.3) is 16.7 Å². The van der Waals surface area contributed by atoms with Gasteiger partial charge in [-0.25, -0.2) is 4.98 Å². The third-order valence-corrected chi connectivity index (χ3v) is 6.02. The van der Waals surface area contributed by atoms with E-state index < -0.39 is 0 Å². The van der Waals surface area contributed by atoms with Crippen molar-refractivity contribution in [2.45, 2.75) is 39.5 Å². The maximum absolute atomic E-state index is 13.1. The zero-order valence-electron chi connectivity index (χ0n) is 17.6. The van der Waals surface area contributed by atoms with Crippen molar-refractivity contribution in [3.05, 3.63) is 59.4 Å². The molecule has 0 bridgehead atoms. The normalized spacial score (nSPS) is 16.7. The molecule has 1 aromatic heterocycles. The van der Waals surface area contributed by atoms with E-state index in [0.717, 1.165) is 42.5 Å². The molecule has 6 heteroatoms. The van der Waals surface area contributed by atoms with E-state index in [1.165, 1.54) is 11.1 Å². The zero-order chi connectivity index (χ0) is 21.3. The van der Waals surface area contributed by atoms with Gasteiger partial charge in [-0.05, 0) is 74.4 Å². The number of amides is 2. The van der Waals surface area contributed by atoms with Crippen molar-refractivity contribution >= 4 is 22.8 Å². The smallest absolute Gasteiger partial charge is 0.253 e. The standard InChI is InChI=1S/C24H28N4O2/c1-16-5-6-17(2)22(12-16)28-15-26-20-13-19(8-9-21(20)28)24(30)27-11-3-4-18(14-27)7-10-23(25)29/h5-6,8-9,12-13,15,18H,3-4,7,10-11,14H2,1-2H3,(H2,25,29). The molecule has 3 aromatic rings. The third-order valence-electron chi connectivity index (χ3n) is 6.02. The minimum absolute atomic E-state index is 0.0296. The highest BCUT2D eigenvalue weighted by Gasteiger charge is 2.25. The summed E-state index contributed by atoms with van der Waals surface area (Å²) >= 11 is 0. The summed E-state index contributed by atoms with van der Waals surface area (Å²) in [5.74, 6) is 0.0905. The van der Waals surface area contributed by atoms with Gasteiger partial charge in [0.2, 0.25) is 5.91 Å². The average molecular weight is 405 g/mol. The SMILES string of the molecule is Cc1ccc(C)c(-n2cnc3cc(C(=O)N4CCCC(CCC(N)=O)C4)ccc32)c1. The maximum Gasteiger partial charge on any atom is 0.253 e. The first-order chi connectivity index (χ1) is 14.4. The number of rotatable bonds is 5. The Labute approximate surface area is 176 Å². The molecule has 4 rings (SSSR count). The molecular formula is C24H28N4O2. The summed E-state index contributed by atoms with van der Waals surface area (Å²) in [7, 11) is 0. The number of hydrogen-bond donors (Lipinski definition) is 1. The van der Waals surface area contributed by atoms with Gasteiger partial charge < -0.3 is 10.6 Å². The van der Waals surface area contributed by atoms with Crippen molar-refractivity contribution < 1.29 is 9.59 Å². The number of aromatic nitrogens is 2. The molecule has 0 radical (unpaired) electrons. The van der Waals surface area contributed by atoms with Gasteiger partial charge in [-0.1, -0.05) is 12.1 Å². The van der Waals surface area contributed by atoms with E-state index in [2.05, 4.69) is 41.6 Å². The summed E-state index contributed by atoms with van der Waals surface area (Å²) < 4.78 is 2.08. The first kappa shape index (κ1) is 20.1. The van der Waals surface area contributed by atoms with Gasteiger partial charge >= 0.3 is 0 Å². The van der Waals surface area contributed by atoms with Crippen LogP contribution in [0.3, 0.4) is 0 Å². The maximum atomic E-state index is 13.1. The van der Waals surface area contributed by atoms with Gasteiger partial charge in [-0.15, -0.1) is 0 Å². The number of likely N-dealkylation sites (tertiary alicyclic amines) is 1. The monoisotopic (exact) mass is 404 g/mol. The number of hydrogen-bond acceptors (Lipinski definition) is 3. The van der Waals surface area contributed by atoms with Crippen LogP contribution in [0.2, 0.25) is 0 Å². The van der Waals surface area contributed by atoms with Gasteiger partial charge in [0.25, 0.3) is 5.91 Å². The molecule has 1 fully saturated rings. The summed E-state index contributed by atoms with van der Waals surface area (Å²) in [6, 6.07) is 12.1. The fraction of sp³-hybridized carbons (Fsp3) is 0.375. The molecule has 2 N–H and O–H groups in total. The minimum Gasteiger partial charge on any atom is -0.370 e. The van der Waals surface area contributed by atoms with E-state index in [9.17, 15) is 9.59 Å². The largest absolute Gasteiger partial charge is 0.370 e. The Kier molecular flexibility index (Phi) is 5.57. The van der Waals surface area contributed by atoms with Crippen LogP contribution >= 0.6 is 0 Å². The molecule has 1 aliphatic rings. The number of carbonyl (C=O) groups is 2. The molecule has 2 amide bonds. The van der Waals surface area contributed by atoms with Crippen LogP contribution in [0, 0.1) is 19.8 Å². The Hall–Kier alpha value is -3.15. The second-order valence-corrected chi connectivity index (χ2v) is 8.37. The topological polar surface area (TPSA) is 81.2 Å². The number of nitrogens with zero attached hydrogens (tertiary/aromatic N) is 3. The zero-order valence-corrected chi connectivity index (χ0v) is 17.6. The molecule has 0 aliphatic carbocycles. The highest BCUT2D eigenvalue weighted by atomic mass is 16.2. The fourth-order valence-electron chi connectivity index (χ4n) is 4.33. The Morgan fingerprint density at radius 1 is 1.17 bits per heavy atom. The van der Waals surface area contributed by atoms with Gasteiger partial charge in [0.1, 0.15) is 6.33 Å². The van der Waals surface area contributed by atoms with Crippen LogP contribution < -0.4 is 5.73 Å². The van der Waals surface area contributed by atoms with Crippen LogP contribution in [0.1, 0.15) is 47.2 Å². The van der Waals surface area contributed by atoms with Crippen molar-refractivity contribution in [2.24, 2.45) is 11.7 Å². The lowest BCUT2D eigenvalue weighted by Crippen LogP contribution is -2.40. The number of fused-ring (bicyclic) bond motifs is 1. The van der Waals surface area contributed by atoms with Gasteiger partial charge in [0.15, 0.2) is 0 Å². The molecule has 2 aromatic carbocycles. The van der Waals surface area contributed by atoms with Crippen LogP contribution in [-0.2, 0) is 4.79 Å². The minimum atomic E-state index is -0.275. The number of piperidine rings is 1. The number of nitrogens with two attached hydrogens (primary N) is 1. The Morgan fingerprint density at radius 3 is 2.80 bits per heavy atom. The number of aryl methyl sites for hydroxylation is 2. The van der Waals surface area contributed by atoms with E-state index in [-0.39, 0.29) is 11.8 Å². The number of benzene rings is 2. The van der Waals surface area contributed by atoms with Gasteiger partial charge in [0, 0.05) is 25.1 Å². The summed E-state index contributed by atoms with van der Waals surface area (Å²) in [5.41, 5.74) is 11.2. The lowest BCUT2D eigenvalue weighted by Gasteiger charge is -2.32. The van der Waals surface area contributed by atoms with Crippen molar-refractivity contribution in [1.82, 2.24) is 14.5 Å². The van der Waals surface area contributed by atoms with Gasteiger partial charge in [0.05, 0.1) is 16.7 Å². The van der Waals surface area contributed by atoms with E-state index in [1.54, 1.807) is 0 Å². The second kappa shape index (κ2) is 8.30. The summed E-state index contributed by atoms with van der Waals surface area (Å²) in [6.45, 7) is 5.60. The molecule has 156 valence electrons. The molecule has 2 heterocycles. The van der Waals surface area contributed by atoms with Crippen LogP contribution in [0.4, 0.5) is 0 Å². The molecule has 0 spiro atoms. The lowest BCUT2D eigenvalue weighted by molar-refractivity contribution is -0.118. The molecule has 1 atom stereocenters. The van der Waals surface area contributed by atoms with E-state index in [4.69, 9.17) is 5.73 Å². The van der Waals surface area contributed by atoms with E-state index >= 15 is 0 Å². The summed E-state index contributed by atoms with van der Waals surface area (Å²) in [5, 5.41) is 0. The molecule has 30 heavy (non-hydrogen) atoms. The van der Waals surface area contributed by atoms with Crippen molar-refractivity contribution in [2.75, 3.05) is 13.1 Å². The van der Waals surface area contributed by atoms with Gasteiger partial charge in [-0.3, -0.25) is 14.2 Å². The number of primary amides is 1. The molecule has 0 saturated carbocycles. The molecule has 1 saturated heterocycles. The molecule has 1 aliphatic heterocycles. The fourth-order valence-corrected chi connectivity index (χ4v) is 4.33.